The predicted octanol–water partition coefficient (Wildman–Crippen LogP) is 3.89. The summed E-state index contributed by atoms with van der Waals surface area (Å²) in [6.07, 6.45) is 1.77. The molecule has 0 aliphatic carbocycles. The number of aromatic amines is 1. The minimum absolute atomic E-state index is 0.207. The summed E-state index contributed by atoms with van der Waals surface area (Å²) in [5, 5.41) is 10.7. The largest absolute Gasteiger partial charge is 0.477 e. The van der Waals surface area contributed by atoms with Crippen molar-refractivity contribution in [1.82, 2.24) is 9.97 Å². The fourth-order valence-electron chi connectivity index (χ4n) is 3.69. The highest BCUT2D eigenvalue weighted by Crippen LogP contribution is 2.36. The van der Waals surface area contributed by atoms with Gasteiger partial charge in [-0.25, -0.2) is 9.78 Å². The quantitative estimate of drug-likeness (QED) is 0.733. The molecule has 1 aliphatic rings. The van der Waals surface area contributed by atoms with Gasteiger partial charge in [0.25, 0.3) is 0 Å². The summed E-state index contributed by atoms with van der Waals surface area (Å²) in [5.41, 5.74) is 3.70. The molecule has 0 amide bonds. The van der Waals surface area contributed by atoms with E-state index in [1.165, 1.54) is 0 Å². The van der Waals surface area contributed by atoms with Crippen LogP contribution in [-0.2, 0) is 4.74 Å². The second kappa shape index (κ2) is 7.04. The number of benzene rings is 1. The summed E-state index contributed by atoms with van der Waals surface area (Å²) in [5.74, 6) is 0.221. The summed E-state index contributed by atoms with van der Waals surface area (Å²) in [6.45, 7) is 7.25. The standard InChI is InChI=1S/C21H23N3O3/c1-13(2)15-4-3-5-16-18(20(21(25)26)23-19(15)16)14-6-7-17(22-12-14)24-8-10-27-11-9-24/h3-7,12-13,23H,8-11H2,1-2H3,(H,25,26). The van der Waals surface area contributed by atoms with Crippen molar-refractivity contribution in [3.63, 3.8) is 0 Å². The molecule has 1 aliphatic heterocycles. The van der Waals surface area contributed by atoms with Crippen LogP contribution in [0.1, 0.15) is 35.8 Å². The molecule has 0 unspecified atom stereocenters. The number of hydrogen-bond acceptors (Lipinski definition) is 4. The van der Waals surface area contributed by atoms with E-state index in [0.29, 0.717) is 24.7 Å². The predicted molar refractivity (Wildman–Crippen MR) is 106 cm³/mol. The second-order valence-electron chi connectivity index (χ2n) is 7.11. The number of pyridine rings is 1. The van der Waals surface area contributed by atoms with E-state index >= 15 is 0 Å². The van der Waals surface area contributed by atoms with Gasteiger partial charge in [-0.2, -0.15) is 0 Å². The molecule has 0 atom stereocenters. The number of carbonyl (C=O) groups is 1. The number of rotatable bonds is 4. The molecular formula is C21H23N3O3. The summed E-state index contributed by atoms with van der Waals surface area (Å²) in [7, 11) is 0. The smallest absolute Gasteiger partial charge is 0.352 e. The molecule has 1 fully saturated rings. The lowest BCUT2D eigenvalue weighted by atomic mass is 9.97. The Balaban J connectivity index is 1.81. The number of carboxylic acid groups (broad SMARTS) is 1. The Kier molecular flexibility index (Phi) is 4.58. The lowest BCUT2D eigenvalue weighted by Gasteiger charge is -2.27. The maximum absolute atomic E-state index is 11.9. The first-order chi connectivity index (χ1) is 13.1. The number of carboxylic acids is 1. The van der Waals surface area contributed by atoms with Gasteiger partial charge >= 0.3 is 5.97 Å². The number of aromatic carboxylic acids is 1. The fourth-order valence-corrected chi connectivity index (χ4v) is 3.69. The first kappa shape index (κ1) is 17.5. The van der Waals surface area contributed by atoms with Crippen LogP contribution in [0, 0.1) is 0 Å². The van der Waals surface area contributed by atoms with Gasteiger partial charge in [0.1, 0.15) is 11.5 Å². The van der Waals surface area contributed by atoms with Gasteiger partial charge < -0.3 is 19.7 Å². The highest BCUT2D eigenvalue weighted by molar-refractivity contribution is 6.08. The maximum Gasteiger partial charge on any atom is 0.352 e. The van der Waals surface area contributed by atoms with Crippen LogP contribution in [-0.4, -0.2) is 47.3 Å². The summed E-state index contributed by atoms with van der Waals surface area (Å²) in [6, 6.07) is 9.90. The van der Waals surface area contributed by atoms with Crippen LogP contribution < -0.4 is 4.90 Å². The van der Waals surface area contributed by atoms with Crippen LogP contribution >= 0.6 is 0 Å². The third-order valence-corrected chi connectivity index (χ3v) is 5.07. The van der Waals surface area contributed by atoms with Crippen LogP contribution in [0.5, 0.6) is 0 Å². The maximum atomic E-state index is 11.9. The first-order valence-electron chi connectivity index (χ1n) is 9.23. The van der Waals surface area contributed by atoms with E-state index in [-0.39, 0.29) is 5.69 Å². The van der Waals surface area contributed by atoms with Crippen LogP contribution in [0.4, 0.5) is 5.82 Å². The molecule has 1 aromatic carbocycles. The van der Waals surface area contributed by atoms with E-state index in [4.69, 9.17) is 4.74 Å². The zero-order valence-corrected chi connectivity index (χ0v) is 15.5. The highest BCUT2D eigenvalue weighted by atomic mass is 16.5. The van der Waals surface area contributed by atoms with Gasteiger partial charge in [0.2, 0.25) is 0 Å². The normalized spacial score (nSPS) is 14.9. The molecular weight excluding hydrogens is 342 g/mol. The Hall–Kier alpha value is -2.86. The van der Waals surface area contributed by atoms with Gasteiger partial charge in [-0.05, 0) is 23.6 Å². The van der Waals surface area contributed by atoms with Crippen molar-refractivity contribution in [3.8, 4) is 11.1 Å². The number of aromatic nitrogens is 2. The first-order valence-corrected chi connectivity index (χ1v) is 9.23. The lowest BCUT2D eigenvalue weighted by molar-refractivity contribution is 0.0692. The number of para-hydroxylation sites is 1. The van der Waals surface area contributed by atoms with Gasteiger partial charge in [0.15, 0.2) is 0 Å². The number of nitrogens with one attached hydrogen (secondary N) is 1. The fraction of sp³-hybridized carbons (Fsp3) is 0.333. The Morgan fingerprint density at radius 1 is 1.22 bits per heavy atom. The minimum Gasteiger partial charge on any atom is -0.477 e. The monoisotopic (exact) mass is 365 g/mol. The molecule has 0 radical (unpaired) electrons. The average Bonchev–Trinajstić information content (AvgIpc) is 3.08. The molecule has 27 heavy (non-hydrogen) atoms. The van der Waals surface area contributed by atoms with E-state index in [2.05, 4.69) is 28.7 Å². The van der Waals surface area contributed by atoms with Crippen molar-refractivity contribution < 1.29 is 14.6 Å². The third-order valence-electron chi connectivity index (χ3n) is 5.07. The number of fused-ring (bicyclic) bond motifs is 1. The Bertz CT molecular complexity index is 970. The summed E-state index contributed by atoms with van der Waals surface area (Å²) < 4.78 is 5.39. The molecule has 0 bridgehead atoms. The van der Waals surface area contributed by atoms with Crippen molar-refractivity contribution in [2.75, 3.05) is 31.2 Å². The van der Waals surface area contributed by atoms with Crippen molar-refractivity contribution in [3.05, 3.63) is 47.8 Å². The minimum atomic E-state index is -0.965. The van der Waals surface area contributed by atoms with Gasteiger partial charge in [-0.3, -0.25) is 0 Å². The Morgan fingerprint density at radius 3 is 2.63 bits per heavy atom. The van der Waals surface area contributed by atoms with Crippen molar-refractivity contribution in [2.45, 2.75) is 19.8 Å². The van der Waals surface area contributed by atoms with E-state index in [1.54, 1.807) is 6.20 Å². The molecule has 1 saturated heterocycles. The molecule has 0 saturated carbocycles. The van der Waals surface area contributed by atoms with E-state index in [9.17, 15) is 9.90 Å². The number of nitrogens with zero attached hydrogens (tertiary/aromatic N) is 2. The molecule has 3 heterocycles. The van der Waals surface area contributed by atoms with E-state index in [0.717, 1.165) is 40.9 Å². The van der Waals surface area contributed by atoms with E-state index in [1.807, 2.05) is 30.3 Å². The molecule has 2 aromatic heterocycles. The van der Waals surface area contributed by atoms with Crippen LogP contribution in [0.15, 0.2) is 36.5 Å². The summed E-state index contributed by atoms with van der Waals surface area (Å²) in [4.78, 5) is 21.8. The number of hydrogen-bond donors (Lipinski definition) is 2. The van der Waals surface area contributed by atoms with Gasteiger partial charge in [0, 0.05) is 35.8 Å². The van der Waals surface area contributed by atoms with Gasteiger partial charge in [-0.1, -0.05) is 32.0 Å². The zero-order valence-electron chi connectivity index (χ0n) is 15.5. The van der Waals surface area contributed by atoms with Gasteiger partial charge in [-0.15, -0.1) is 0 Å². The molecule has 4 rings (SSSR count). The zero-order chi connectivity index (χ0) is 19.0. The number of ether oxygens (including phenoxy) is 1. The number of morpholine rings is 1. The SMILES string of the molecule is CC(C)c1cccc2c(-c3ccc(N4CCOCC4)nc3)c(C(=O)O)[nH]c12. The average molecular weight is 365 g/mol. The third kappa shape index (κ3) is 3.17. The molecule has 140 valence electrons. The van der Waals surface area contributed by atoms with Crippen LogP contribution in [0.25, 0.3) is 22.0 Å². The van der Waals surface area contributed by atoms with Crippen molar-refractivity contribution in [2.24, 2.45) is 0 Å². The topological polar surface area (TPSA) is 78.4 Å². The van der Waals surface area contributed by atoms with Crippen LogP contribution in [0.2, 0.25) is 0 Å². The molecule has 0 spiro atoms. The molecule has 2 N–H and O–H groups in total. The molecule has 6 heteroatoms. The second-order valence-corrected chi connectivity index (χ2v) is 7.11. The van der Waals surface area contributed by atoms with Crippen molar-refractivity contribution in [1.29, 1.82) is 0 Å². The number of anilines is 1. The Morgan fingerprint density at radius 2 is 2.00 bits per heavy atom. The van der Waals surface area contributed by atoms with Crippen molar-refractivity contribution >= 4 is 22.7 Å². The Labute approximate surface area is 157 Å². The van der Waals surface area contributed by atoms with Crippen LogP contribution in [0.3, 0.4) is 0 Å². The molecule has 6 nitrogen and oxygen atoms in total. The summed E-state index contributed by atoms with van der Waals surface area (Å²) >= 11 is 0. The highest BCUT2D eigenvalue weighted by Gasteiger charge is 2.21. The number of H-pyrrole nitrogens is 1. The molecule has 3 aromatic rings. The van der Waals surface area contributed by atoms with Gasteiger partial charge in [0.05, 0.1) is 18.7 Å². The van der Waals surface area contributed by atoms with E-state index < -0.39 is 5.97 Å². The lowest BCUT2D eigenvalue weighted by Crippen LogP contribution is -2.36.